The van der Waals surface area contributed by atoms with Gasteiger partial charge in [-0.2, -0.15) is 0 Å². The third kappa shape index (κ3) is 5.57. The second-order valence-electron chi connectivity index (χ2n) is 7.34. The zero-order valence-corrected chi connectivity index (χ0v) is 16.3. The summed E-state index contributed by atoms with van der Waals surface area (Å²) in [6.45, 7) is 4.27. The standard InChI is InChI=1S/C22H28N4O2/c1-16-6-7-17(23)14-20(16)22(28)25-19-10-8-18(9-11-19)24-21(27)15-26-12-4-2-3-5-13-26/h6-11,14H,2-5,12-13,15,23H2,1H3,(H,24,27)(H,25,28). The summed E-state index contributed by atoms with van der Waals surface area (Å²) in [6.07, 6.45) is 4.82. The summed E-state index contributed by atoms with van der Waals surface area (Å²) in [4.78, 5) is 26.9. The molecule has 0 bridgehead atoms. The lowest BCUT2D eigenvalue weighted by Crippen LogP contribution is -2.33. The number of nitrogens with two attached hydrogens (primary N) is 1. The molecule has 1 aliphatic heterocycles. The number of rotatable bonds is 5. The van der Waals surface area contributed by atoms with Gasteiger partial charge in [0.15, 0.2) is 0 Å². The molecule has 3 rings (SSSR count). The van der Waals surface area contributed by atoms with Gasteiger partial charge in [0.1, 0.15) is 0 Å². The van der Waals surface area contributed by atoms with Crippen molar-refractivity contribution < 1.29 is 9.59 Å². The zero-order valence-electron chi connectivity index (χ0n) is 16.3. The van der Waals surface area contributed by atoms with Crippen molar-refractivity contribution in [3.8, 4) is 0 Å². The van der Waals surface area contributed by atoms with Crippen molar-refractivity contribution in [2.24, 2.45) is 0 Å². The van der Waals surface area contributed by atoms with Crippen LogP contribution in [0.25, 0.3) is 0 Å². The number of nitrogen functional groups attached to an aromatic ring is 1. The molecule has 2 aromatic carbocycles. The quantitative estimate of drug-likeness (QED) is 0.691. The van der Waals surface area contributed by atoms with Gasteiger partial charge >= 0.3 is 0 Å². The molecule has 2 aromatic rings. The maximum Gasteiger partial charge on any atom is 0.256 e. The van der Waals surface area contributed by atoms with Gasteiger partial charge in [0, 0.05) is 22.6 Å². The fourth-order valence-corrected chi connectivity index (χ4v) is 3.42. The monoisotopic (exact) mass is 380 g/mol. The number of amides is 2. The second kappa shape index (κ2) is 9.37. The highest BCUT2D eigenvalue weighted by Crippen LogP contribution is 2.18. The molecule has 0 aliphatic carbocycles. The Labute approximate surface area is 166 Å². The van der Waals surface area contributed by atoms with Crippen molar-refractivity contribution in [2.75, 3.05) is 36.0 Å². The first-order valence-corrected chi connectivity index (χ1v) is 9.81. The van der Waals surface area contributed by atoms with Crippen LogP contribution in [-0.2, 0) is 4.79 Å². The van der Waals surface area contributed by atoms with E-state index in [9.17, 15) is 9.59 Å². The number of hydrogen-bond donors (Lipinski definition) is 3. The van der Waals surface area contributed by atoms with Gasteiger partial charge in [-0.25, -0.2) is 0 Å². The van der Waals surface area contributed by atoms with Gasteiger partial charge in [-0.3, -0.25) is 14.5 Å². The largest absolute Gasteiger partial charge is 0.399 e. The third-order valence-corrected chi connectivity index (χ3v) is 5.00. The lowest BCUT2D eigenvalue weighted by atomic mass is 10.1. The Morgan fingerprint density at radius 2 is 1.54 bits per heavy atom. The molecule has 28 heavy (non-hydrogen) atoms. The fraction of sp³-hybridized carbons (Fsp3) is 0.364. The molecular weight excluding hydrogens is 352 g/mol. The Morgan fingerprint density at radius 3 is 2.18 bits per heavy atom. The Hall–Kier alpha value is -2.86. The van der Waals surface area contributed by atoms with Crippen molar-refractivity contribution >= 4 is 28.9 Å². The van der Waals surface area contributed by atoms with Crippen LogP contribution in [0.1, 0.15) is 41.6 Å². The number of carbonyl (C=O) groups is 2. The van der Waals surface area contributed by atoms with Crippen molar-refractivity contribution in [1.29, 1.82) is 0 Å². The maximum atomic E-state index is 12.5. The van der Waals surface area contributed by atoms with Gasteiger partial charge < -0.3 is 16.4 Å². The van der Waals surface area contributed by atoms with Crippen molar-refractivity contribution in [1.82, 2.24) is 4.90 Å². The number of anilines is 3. The van der Waals surface area contributed by atoms with Gasteiger partial charge in [-0.1, -0.05) is 18.9 Å². The first-order chi connectivity index (χ1) is 13.5. The molecule has 0 aromatic heterocycles. The average molecular weight is 380 g/mol. The predicted octanol–water partition coefficient (Wildman–Crippen LogP) is 3.64. The topological polar surface area (TPSA) is 87.5 Å². The van der Waals surface area contributed by atoms with Crippen LogP contribution in [0.2, 0.25) is 0 Å². The summed E-state index contributed by atoms with van der Waals surface area (Å²) in [5.74, 6) is -0.211. The van der Waals surface area contributed by atoms with E-state index in [2.05, 4.69) is 15.5 Å². The van der Waals surface area contributed by atoms with Crippen LogP contribution in [0.3, 0.4) is 0 Å². The minimum Gasteiger partial charge on any atom is -0.399 e. The molecule has 0 radical (unpaired) electrons. The minimum absolute atomic E-state index is 0.00549. The molecule has 0 unspecified atom stereocenters. The Balaban J connectivity index is 1.55. The smallest absolute Gasteiger partial charge is 0.256 e. The number of nitrogens with zero attached hydrogens (tertiary/aromatic N) is 1. The van der Waals surface area contributed by atoms with E-state index in [-0.39, 0.29) is 11.8 Å². The van der Waals surface area contributed by atoms with Crippen molar-refractivity contribution in [2.45, 2.75) is 32.6 Å². The number of carbonyl (C=O) groups excluding carboxylic acids is 2. The van der Waals surface area contributed by atoms with Crippen LogP contribution in [0.15, 0.2) is 42.5 Å². The van der Waals surface area contributed by atoms with E-state index in [0.717, 1.165) is 37.2 Å². The molecular formula is C22H28N4O2. The van der Waals surface area contributed by atoms with Crippen molar-refractivity contribution in [3.05, 3.63) is 53.6 Å². The van der Waals surface area contributed by atoms with Crippen molar-refractivity contribution in [3.63, 3.8) is 0 Å². The number of benzene rings is 2. The molecule has 1 saturated heterocycles. The maximum absolute atomic E-state index is 12.5. The Morgan fingerprint density at radius 1 is 0.929 bits per heavy atom. The molecule has 2 amide bonds. The first kappa shape index (κ1) is 19.9. The van der Waals surface area contributed by atoms with Gasteiger partial charge in [0.2, 0.25) is 5.91 Å². The van der Waals surface area contributed by atoms with Crippen LogP contribution in [-0.4, -0.2) is 36.3 Å². The van der Waals surface area contributed by atoms with E-state index in [1.54, 1.807) is 36.4 Å². The molecule has 148 valence electrons. The molecule has 6 heteroatoms. The van der Waals surface area contributed by atoms with Gasteiger partial charge in [-0.15, -0.1) is 0 Å². The minimum atomic E-state index is -0.206. The molecule has 1 aliphatic rings. The highest BCUT2D eigenvalue weighted by atomic mass is 16.2. The van der Waals surface area contributed by atoms with Gasteiger partial charge in [0.05, 0.1) is 6.54 Å². The predicted molar refractivity (Wildman–Crippen MR) is 114 cm³/mol. The molecule has 0 saturated carbocycles. The van der Waals surface area contributed by atoms with Crippen LogP contribution in [0, 0.1) is 6.92 Å². The van der Waals surface area contributed by atoms with E-state index in [1.807, 2.05) is 13.0 Å². The van der Waals surface area contributed by atoms with Gasteiger partial charge in [-0.05, 0) is 74.8 Å². The van der Waals surface area contributed by atoms with E-state index >= 15 is 0 Å². The SMILES string of the molecule is Cc1ccc(N)cc1C(=O)Nc1ccc(NC(=O)CN2CCCCCC2)cc1. The van der Waals surface area contributed by atoms with Crippen LogP contribution in [0.4, 0.5) is 17.1 Å². The number of hydrogen-bond acceptors (Lipinski definition) is 4. The lowest BCUT2D eigenvalue weighted by Gasteiger charge is -2.19. The number of nitrogens with one attached hydrogen (secondary N) is 2. The summed E-state index contributed by atoms with van der Waals surface area (Å²) in [5, 5.41) is 5.79. The second-order valence-corrected chi connectivity index (χ2v) is 7.34. The molecule has 1 heterocycles. The summed E-state index contributed by atoms with van der Waals surface area (Å²) in [6, 6.07) is 12.4. The summed E-state index contributed by atoms with van der Waals surface area (Å²) < 4.78 is 0. The fourth-order valence-electron chi connectivity index (χ4n) is 3.42. The Bertz CT molecular complexity index is 825. The highest BCUT2D eigenvalue weighted by molar-refractivity contribution is 6.06. The van der Waals surface area contributed by atoms with Crippen LogP contribution >= 0.6 is 0 Å². The first-order valence-electron chi connectivity index (χ1n) is 9.81. The van der Waals surface area contributed by atoms with Crippen LogP contribution in [0.5, 0.6) is 0 Å². The van der Waals surface area contributed by atoms with E-state index in [4.69, 9.17) is 5.73 Å². The lowest BCUT2D eigenvalue weighted by molar-refractivity contribution is -0.117. The third-order valence-electron chi connectivity index (χ3n) is 5.00. The van der Waals surface area contributed by atoms with E-state index in [0.29, 0.717) is 23.5 Å². The normalized spacial score (nSPS) is 14.9. The Kier molecular flexibility index (Phi) is 6.66. The average Bonchev–Trinajstić information content (AvgIpc) is 2.94. The van der Waals surface area contributed by atoms with Gasteiger partial charge in [0.25, 0.3) is 5.91 Å². The summed E-state index contributed by atoms with van der Waals surface area (Å²) >= 11 is 0. The molecule has 4 N–H and O–H groups in total. The highest BCUT2D eigenvalue weighted by Gasteiger charge is 2.13. The zero-order chi connectivity index (χ0) is 19.9. The molecule has 0 atom stereocenters. The van der Waals surface area contributed by atoms with E-state index in [1.165, 1.54) is 12.8 Å². The summed E-state index contributed by atoms with van der Waals surface area (Å²) in [5.41, 5.74) is 9.13. The number of aryl methyl sites for hydroxylation is 1. The molecule has 1 fully saturated rings. The van der Waals surface area contributed by atoms with E-state index < -0.39 is 0 Å². The summed E-state index contributed by atoms with van der Waals surface area (Å²) in [7, 11) is 0. The molecule has 6 nitrogen and oxygen atoms in total. The van der Waals surface area contributed by atoms with Crippen LogP contribution < -0.4 is 16.4 Å². The number of likely N-dealkylation sites (tertiary alicyclic amines) is 1. The molecule has 0 spiro atoms.